The van der Waals surface area contributed by atoms with E-state index in [1.165, 1.54) is 11.3 Å². The maximum absolute atomic E-state index is 11.8. The fraction of sp³-hybridized carbons (Fsp3) is 0.667. The van der Waals surface area contributed by atoms with Crippen LogP contribution < -0.4 is 16.0 Å². The third kappa shape index (κ3) is 5.73. The Morgan fingerprint density at radius 1 is 1.23 bits per heavy atom. The van der Waals surface area contributed by atoms with Gasteiger partial charge >= 0.3 is 13.1 Å². The lowest BCUT2D eigenvalue weighted by atomic mass is 9.66. The van der Waals surface area contributed by atoms with E-state index >= 15 is 0 Å². The molecule has 1 heterocycles. The summed E-state index contributed by atoms with van der Waals surface area (Å²) in [7, 11) is -1.35. The van der Waals surface area contributed by atoms with Gasteiger partial charge in [-0.05, 0) is 43.1 Å². The Kier molecular flexibility index (Phi) is 8.13. The van der Waals surface area contributed by atoms with Crippen LogP contribution >= 0.6 is 0 Å². The Hall–Kier alpha value is -1.65. The zero-order chi connectivity index (χ0) is 21.6. The highest BCUT2D eigenvalue weighted by Gasteiger charge is 2.48. The number of morpholine rings is 1. The molecule has 30 heavy (non-hydrogen) atoms. The lowest BCUT2D eigenvalue weighted by molar-refractivity contribution is -0.148. The van der Waals surface area contributed by atoms with E-state index in [1.54, 1.807) is 0 Å². The zero-order valence-corrected chi connectivity index (χ0v) is 17.5. The number of aliphatic carboxylic acids is 1. The van der Waals surface area contributed by atoms with Gasteiger partial charge in [-0.25, -0.2) is 0 Å². The molecule has 1 aliphatic heterocycles. The summed E-state index contributed by atoms with van der Waals surface area (Å²) in [6.45, 7) is 4.02. The van der Waals surface area contributed by atoms with Crippen molar-refractivity contribution in [2.45, 2.75) is 56.5 Å². The molecular weight excluding hydrogens is 385 g/mol. The van der Waals surface area contributed by atoms with Crippen molar-refractivity contribution in [1.82, 2.24) is 5.32 Å². The van der Waals surface area contributed by atoms with Gasteiger partial charge in [0.05, 0.1) is 13.2 Å². The molecule has 0 bridgehead atoms. The highest BCUT2D eigenvalue weighted by atomic mass is 16.5. The SMILES string of the molecule is NC(CCCCB(O)O)(C(=O)O)C1CC(NCc2ccccc2N2CCOCC2)C1. The number of para-hydroxylation sites is 1. The van der Waals surface area contributed by atoms with Gasteiger partial charge in [0.1, 0.15) is 5.54 Å². The number of carboxylic acids is 1. The van der Waals surface area contributed by atoms with Crippen molar-refractivity contribution in [1.29, 1.82) is 0 Å². The number of carboxylic acid groups (broad SMARTS) is 1. The Balaban J connectivity index is 1.49. The van der Waals surface area contributed by atoms with Crippen LogP contribution in [0.2, 0.25) is 6.32 Å². The molecule has 2 aliphatic rings. The van der Waals surface area contributed by atoms with Crippen LogP contribution in [0.25, 0.3) is 0 Å². The number of hydrogen-bond donors (Lipinski definition) is 5. The molecule has 8 nitrogen and oxygen atoms in total. The molecule has 1 saturated heterocycles. The highest BCUT2D eigenvalue weighted by molar-refractivity contribution is 6.40. The normalized spacial score (nSPS) is 23.5. The number of nitrogens with two attached hydrogens (primary N) is 1. The second kappa shape index (κ2) is 10.6. The standard InChI is InChI=1S/C21H34BN3O5/c23-21(20(26)27,7-3-4-8-22(28)29)17-13-18(14-17)24-15-16-5-1-2-6-19(16)25-9-11-30-12-10-25/h1-2,5-6,17-18,24,28-29H,3-4,7-15,23H2,(H,26,27). The minimum absolute atomic E-state index is 0.0685. The molecule has 6 N–H and O–H groups in total. The lowest BCUT2D eigenvalue weighted by Gasteiger charge is -2.45. The summed E-state index contributed by atoms with van der Waals surface area (Å²) in [4.78, 5) is 14.2. The van der Waals surface area contributed by atoms with Gasteiger partial charge in [-0.1, -0.05) is 31.0 Å². The van der Waals surface area contributed by atoms with Crippen molar-refractivity contribution in [2.24, 2.45) is 11.7 Å². The Bertz CT molecular complexity index is 695. The molecule has 0 amide bonds. The van der Waals surface area contributed by atoms with Gasteiger partial charge in [-0.2, -0.15) is 0 Å². The number of ether oxygens (including phenoxy) is 1. The van der Waals surface area contributed by atoms with Crippen LogP contribution in [-0.4, -0.2) is 66.1 Å². The molecule has 2 fully saturated rings. The largest absolute Gasteiger partial charge is 0.480 e. The zero-order valence-electron chi connectivity index (χ0n) is 17.5. The van der Waals surface area contributed by atoms with Crippen molar-refractivity contribution >= 4 is 18.8 Å². The van der Waals surface area contributed by atoms with Crippen LogP contribution in [0.5, 0.6) is 0 Å². The van der Waals surface area contributed by atoms with E-state index in [0.29, 0.717) is 19.3 Å². The van der Waals surface area contributed by atoms with Gasteiger partial charge in [-0.15, -0.1) is 0 Å². The summed E-state index contributed by atoms with van der Waals surface area (Å²) in [5.41, 5.74) is 7.51. The Labute approximate surface area is 178 Å². The topological polar surface area (TPSA) is 128 Å². The number of nitrogens with one attached hydrogen (secondary N) is 1. The predicted octanol–water partition coefficient (Wildman–Crippen LogP) is 0.817. The quantitative estimate of drug-likeness (QED) is 0.263. The first kappa shape index (κ1) is 23.0. The maximum Gasteiger partial charge on any atom is 0.451 e. The number of nitrogens with zero attached hydrogens (tertiary/aromatic N) is 1. The molecule has 1 unspecified atom stereocenters. The van der Waals surface area contributed by atoms with E-state index in [0.717, 1.165) is 45.7 Å². The third-order valence-electron chi connectivity index (χ3n) is 6.49. The second-order valence-corrected chi connectivity index (χ2v) is 8.55. The molecule has 1 aliphatic carbocycles. The number of unbranched alkanes of at least 4 members (excludes halogenated alkanes) is 1. The first-order valence-electron chi connectivity index (χ1n) is 10.9. The summed E-state index contributed by atoms with van der Waals surface area (Å²) in [6, 6.07) is 8.63. The number of carbonyl (C=O) groups is 1. The summed E-state index contributed by atoms with van der Waals surface area (Å²) in [5, 5.41) is 31.1. The van der Waals surface area contributed by atoms with Crippen LogP contribution in [0, 0.1) is 5.92 Å². The Morgan fingerprint density at radius 3 is 2.60 bits per heavy atom. The van der Waals surface area contributed by atoms with E-state index in [2.05, 4.69) is 28.4 Å². The van der Waals surface area contributed by atoms with Crippen molar-refractivity contribution in [2.75, 3.05) is 31.2 Å². The lowest BCUT2D eigenvalue weighted by Crippen LogP contribution is -2.61. The van der Waals surface area contributed by atoms with E-state index in [9.17, 15) is 9.90 Å². The van der Waals surface area contributed by atoms with Crippen LogP contribution in [0.3, 0.4) is 0 Å². The van der Waals surface area contributed by atoms with Crippen molar-refractivity contribution in [3.05, 3.63) is 29.8 Å². The van der Waals surface area contributed by atoms with Gasteiger partial charge in [0.25, 0.3) is 0 Å². The molecule has 3 rings (SSSR count). The number of benzene rings is 1. The number of anilines is 1. The van der Waals surface area contributed by atoms with Gasteiger partial charge in [-0.3, -0.25) is 4.79 Å². The minimum Gasteiger partial charge on any atom is -0.480 e. The molecule has 1 aromatic carbocycles. The predicted molar refractivity (Wildman–Crippen MR) is 116 cm³/mol. The molecule has 1 saturated carbocycles. The molecule has 9 heteroatoms. The van der Waals surface area contributed by atoms with E-state index in [4.69, 9.17) is 20.5 Å². The van der Waals surface area contributed by atoms with Crippen molar-refractivity contribution in [3.8, 4) is 0 Å². The van der Waals surface area contributed by atoms with Crippen LogP contribution in [0.4, 0.5) is 5.69 Å². The van der Waals surface area contributed by atoms with Crippen molar-refractivity contribution in [3.63, 3.8) is 0 Å². The van der Waals surface area contributed by atoms with Gasteiger partial charge in [0, 0.05) is 31.4 Å². The molecule has 0 aromatic heterocycles. The molecule has 0 spiro atoms. The average molecular weight is 419 g/mol. The summed E-state index contributed by atoms with van der Waals surface area (Å²) in [6.07, 6.45) is 3.20. The molecule has 1 aromatic rings. The van der Waals surface area contributed by atoms with Crippen LogP contribution in [-0.2, 0) is 16.1 Å². The van der Waals surface area contributed by atoms with Gasteiger partial charge in [0.15, 0.2) is 0 Å². The van der Waals surface area contributed by atoms with Crippen LogP contribution in [0.15, 0.2) is 24.3 Å². The third-order valence-corrected chi connectivity index (χ3v) is 6.49. The number of hydrogen-bond acceptors (Lipinski definition) is 7. The van der Waals surface area contributed by atoms with E-state index in [-0.39, 0.29) is 18.3 Å². The monoisotopic (exact) mass is 419 g/mol. The smallest absolute Gasteiger partial charge is 0.451 e. The molecule has 0 radical (unpaired) electrons. The van der Waals surface area contributed by atoms with Gasteiger partial charge in [0.2, 0.25) is 0 Å². The summed E-state index contributed by atoms with van der Waals surface area (Å²) >= 11 is 0. The first-order chi connectivity index (χ1) is 14.4. The van der Waals surface area contributed by atoms with E-state index in [1.807, 2.05) is 6.07 Å². The highest BCUT2D eigenvalue weighted by Crippen LogP contribution is 2.38. The average Bonchev–Trinajstić information content (AvgIpc) is 2.70. The maximum atomic E-state index is 11.8. The molecule has 1 atom stereocenters. The fourth-order valence-corrected chi connectivity index (χ4v) is 4.46. The molecule has 166 valence electrons. The van der Waals surface area contributed by atoms with Crippen molar-refractivity contribution < 1.29 is 24.7 Å². The summed E-state index contributed by atoms with van der Waals surface area (Å²) < 4.78 is 5.45. The van der Waals surface area contributed by atoms with Crippen LogP contribution in [0.1, 0.15) is 37.7 Å². The summed E-state index contributed by atoms with van der Waals surface area (Å²) in [5.74, 6) is -1.03. The fourth-order valence-electron chi connectivity index (χ4n) is 4.46. The van der Waals surface area contributed by atoms with E-state index < -0.39 is 18.6 Å². The Morgan fingerprint density at radius 2 is 1.93 bits per heavy atom. The molecular formula is C21H34BN3O5. The van der Waals surface area contributed by atoms with Gasteiger partial charge < -0.3 is 35.8 Å². The number of rotatable bonds is 11. The second-order valence-electron chi connectivity index (χ2n) is 8.55. The first-order valence-corrected chi connectivity index (χ1v) is 10.9. The minimum atomic E-state index is -1.35.